The molecule has 0 aliphatic rings. The molecule has 4 nitrogen and oxygen atoms in total. The number of benzene rings is 1. The van der Waals surface area contributed by atoms with E-state index in [0.717, 1.165) is 11.0 Å². The summed E-state index contributed by atoms with van der Waals surface area (Å²) in [7, 11) is 1.78. The zero-order valence-corrected chi connectivity index (χ0v) is 9.23. The van der Waals surface area contributed by atoms with Gasteiger partial charge in [0.2, 0.25) is 5.78 Å². The molecule has 4 heteroatoms. The molecule has 0 saturated heterocycles. The molecular weight excluding hydrogens is 204 g/mol. The first kappa shape index (κ1) is 10.5. The number of rotatable bonds is 3. The third-order valence-corrected chi connectivity index (χ3v) is 2.45. The number of para-hydroxylation sites is 2. The van der Waals surface area contributed by atoms with Gasteiger partial charge in [0, 0.05) is 7.05 Å². The Labute approximate surface area is 92.9 Å². The van der Waals surface area contributed by atoms with Gasteiger partial charge in [-0.2, -0.15) is 0 Å². The second kappa shape index (κ2) is 3.89. The number of Topliss-reactive ketones (excluding diaryl/α,β-unsaturated/α-hetero) is 2. The lowest BCUT2D eigenvalue weighted by molar-refractivity contribution is -0.116. The van der Waals surface area contributed by atoms with E-state index in [0.29, 0.717) is 5.82 Å². The number of imidazole rings is 1. The normalized spacial score (nSPS) is 10.6. The molecule has 0 unspecified atom stereocenters. The minimum Gasteiger partial charge on any atom is -0.325 e. The molecule has 16 heavy (non-hydrogen) atoms. The van der Waals surface area contributed by atoms with Crippen LogP contribution in [0.3, 0.4) is 0 Å². The quantitative estimate of drug-likeness (QED) is 0.580. The van der Waals surface area contributed by atoms with Crippen molar-refractivity contribution < 1.29 is 9.59 Å². The van der Waals surface area contributed by atoms with Gasteiger partial charge in [0.25, 0.3) is 0 Å². The predicted octanol–water partition coefficient (Wildman–Crippen LogP) is 1.74. The number of aromatic nitrogens is 2. The molecule has 1 aromatic heterocycles. The van der Waals surface area contributed by atoms with E-state index in [2.05, 4.69) is 4.98 Å². The first-order chi connectivity index (χ1) is 7.59. The number of hydrogen-bond donors (Lipinski definition) is 0. The van der Waals surface area contributed by atoms with Crippen molar-refractivity contribution in [2.24, 2.45) is 7.05 Å². The topological polar surface area (TPSA) is 52.0 Å². The van der Waals surface area contributed by atoms with E-state index in [1.807, 2.05) is 24.3 Å². The summed E-state index contributed by atoms with van der Waals surface area (Å²) in [6.07, 6.45) is -0.0861. The van der Waals surface area contributed by atoms with Crippen molar-refractivity contribution in [1.29, 1.82) is 0 Å². The molecule has 0 aliphatic carbocycles. The molecule has 1 aromatic carbocycles. The molecule has 2 aromatic rings. The summed E-state index contributed by atoms with van der Waals surface area (Å²) in [6, 6.07) is 7.50. The average Bonchev–Trinajstić information content (AvgIpc) is 2.56. The zero-order chi connectivity index (χ0) is 11.7. The Morgan fingerprint density at radius 1 is 1.31 bits per heavy atom. The Kier molecular flexibility index (Phi) is 2.56. The van der Waals surface area contributed by atoms with Gasteiger partial charge in [0.05, 0.1) is 17.5 Å². The van der Waals surface area contributed by atoms with E-state index >= 15 is 0 Å². The van der Waals surface area contributed by atoms with Crippen LogP contribution in [0.5, 0.6) is 0 Å². The maximum Gasteiger partial charge on any atom is 0.205 e. The molecule has 1 heterocycles. The summed E-state index contributed by atoms with van der Waals surface area (Å²) < 4.78 is 1.72. The number of nitrogens with zero attached hydrogens (tertiary/aromatic N) is 2. The molecular formula is C12H12N2O2. The number of carbonyl (C=O) groups is 2. The highest BCUT2D eigenvalue weighted by Crippen LogP contribution is 2.15. The highest BCUT2D eigenvalue weighted by atomic mass is 16.1. The smallest absolute Gasteiger partial charge is 0.205 e. The Morgan fingerprint density at radius 2 is 2.00 bits per heavy atom. The summed E-state index contributed by atoms with van der Waals surface area (Å²) in [5.41, 5.74) is 1.67. The van der Waals surface area contributed by atoms with E-state index in [1.165, 1.54) is 6.92 Å². The van der Waals surface area contributed by atoms with Gasteiger partial charge in [-0.15, -0.1) is 0 Å². The highest BCUT2D eigenvalue weighted by Gasteiger charge is 2.16. The lowest BCUT2D eigenvalue weighted by Crippen LogP contribution is -2.10. The molecule has 0 aliphatic heterocycles. The fourth-order valence-corrected chi connectivity index (χ4v) is 1.70. The molecule has 0 radical (unpaired) electrons. The summed E-state index contributed by atoms with van der Waals surface area (Å²) in [5, 5.41) is 0. The largest absolute Gasteiger partial charge is 0.325 e. The van der Waals surface area contributed by atoms with E-state index in [-0.39, 0.29) is 18.0 Å². The van der Waals surface area contributed by atoms with Crippen molar-refractivity contribution in [1.82, 2.24) is 9.55 Å². The van der Waals surface area contributed by atoms with E-state index in [9.17, 15) is 9.59 Å². The predicted molar refractivity (Wildman–Crippen MR) is 60.3 cm³/mol. The molecule has 0 N–H and O–H groups in total. The third kappa shape index (κ3) is 1.74. The summed E-state index contributed by atoms with van der Waals surface area (Å²) in [4.78, 5) is 26.9. The molecule has 2 rings (SSSR count). The second-order valence-electron chi connectivity index (χ2n) is 3.79. The monoisotopic (exact) mass is 216 g/mol. The SMILES string of the molecule is CC(=O)CC(=O)c1nc2ccccc2n1C. The third-order valence-electron chi connectivity index (χ3n) is 2.45. The van der Waals surface area contributed by atoms with E-state index in [1.54, 1.807) is 11.6 Å². The van der Waals surface area contributed by atoms with Gasteiger partial charge in [0.1, 0.15) is 5.78 Å². The van der Waals surface area contributed by atoms with Crippen LogP contribution >= 0.6 is 0 Å². The van der Waals surface area contributed by atoms with Crippen molar-refractivity contribution in [2.45, 2.75) is 13.3 Å². The maximum absolute atomic E-state index is 11.7. The van der Waals surface area contributed by atoms with Crippen molar-refractivity contribution in [3.8, 4) is 0 Å². The molecule has 0 spiro atoms. The van der Waals surface area contributed by atoms with Crippen LogP contribution in [-0.2, 0) is 11.8 Å². The van der Waals surface area contributed by atoms with E-state index < -0.39 is 0 Å². The number of aryl methyl sites for hydroxylation is 1. The second-order valence-corrected chi connectivity index (χ2v) is 3.79. The lowest BCUT2D eigenvalue weighted by Gasteiger charge is -1.99. The van der Waals surface area contributed by atoms with Crippen molar-refractivity contribution in [3.63, 3.8) is 0 Å². The van der Waals surface area contributed by atoms with Crippen LogP contribution in [0.2, 0.25) is 0 Å². The standard InChI is InChI=1S/C12H12N2O2/c1-8(15)7-11(16)12-13-9-5-3-4-6-10(9)14(12)2/h3-6H,7H2,1-2H3. The van der Waals surface area contributed by atoms with E-state index in [4.69, 9.17) is 0 Å². The zero-order valence-electron chi connectivity index (χ0n) is 9.23. The number of carbonyl (C=O) groups excluding carboxylic acids is 2. The molecule has 0 atom stereocenters. The van der Waals surface area contributed by atoms with Gasteiger partial charge < -0.3 is 4.57 Å². The van der Waals surface area contributed by atoms with Gasteiger partial charge in [-0.3, -0.25) is 9.59 Å². The maximum atomic E-state index is 11.7. The number of fused-ring (bicyclic) bond motifs is 1. The molecule has 0 amide bonds. The van der Waals surface area contributed by atoms with Crippen LogP contribution in [-0.4, -0.2) is 21.1 Å². The Hall–Kier alpha value is -1.97. The van der Waals surface area contributed by atoms with Crippen molar-refractivity contribution in [3.05, 3.63) is 30.1 Å². The van der Waals surface area contributed by atoms with Gasteiger partial charge in [-0.05, 0) is 19.1 Å². The lowest BCUT2D eigenvalue weighted by atomic mass is 10.2. The fraction of sp³-hybridized carbons (Fsp3) is 0.250. The Morgan fingerprint density at radius 3 is 2.62 bits per heavy atom. The fourth-order valence-electron chi connectivity index (χ4n) is 1.70. The first-order valence-electron chi connectivity index (χ1n) is 5.03. The van der Waals surface area contributed by atoms with Gasteiger partial charge in [0.15, 0.2) is 5.82 Å². The van der Waals surface area contributed by atoms with Crippen LogP contribution in [0.1, 0.15) is 24.0 Å². The molecule has 0 saturated carbocycles. The summed E-state index contributed by atoms with van der Waals surface area (Å²) in [6.45, 7) is 1.40. The van der Waals surface area contributed by atoms with Gasteiger partial charge in [-0.25, -0.2) is 4.98 Å². The van der Waals surface area contributed by atoms with Crippen molar-refractivity contribution in [2.75, 3.05) is 0 Å². The van der Waals surface area contributed by atoms with Crippen LogP contribution in [0.4, 0.5) is 0 Å². The Balaban J connectivity index is 2.49. The van der Waals surface area contributed by atoms with Crippen LogP contribution in [0.25, 0.3) is 11.0 Å². The molecule has 82 valence electrons. The van der Waals surface area contributed by atoms with Gasteiger partial charge in [-0.1, -0.05) is 12.1 Å². The average molecular weight is 216 g/mol. The van der Waals surface area contributed by atoms with Crippen LogP contribution < -0.4 is 0 Å². The first-order valence-corrected chi connectivity index (χ1v) is 5.03. The molecule has 0 fully saturated rings. The minimum atomic E-state index is -0.230. The summed E-state index contributed by atoms with van der Waals surface area (Å²) >= 11 is 0. The summed E-state index contributed by atoms with van der Waals surface area (Å²) in [5.74, 6) is -0.0281. The van der Waals surface area contributed by atoms with Crippen LogP contribution in [0, 0.1) is 0 Å². The minimum absolute atomic E-state index is 0.0861. The number of ketones is 2. The Bertz CT molecular complexity index is 569. The van der Waals surface area contributed by atoms with Crippen molar-refractivity contribution >= 4 is 22.6 Å². The molecule has 0 bridgehead atoms. The highest BCUT2D eigenvalue weighted by molar-refractivity contribution is 6.06. The van der Waals surface area contributed by atoms with Crippen LogP contribution in [0.15, 0.2) is 24.3 Å². The van der Waals surface area contributed by atoms with Gasteiger partial charge >= 0.3 is 0 Å². The number of hydrogen-bond acceptors (Lipinski definition) is 3.